The number of benzene rings is 2. The van der Waals surface area contributed by atoms with Gasteiger partial charge in [0.05, 0.1) is 7.11 Å². The Hall–Kier alpha value is -2.33. The molecule has 122 valence electrons. The Bertz CT molecular complexity index is 628. The van der Waals surface area contributed by atoms with E-state index in [4.69, 9.17) is 10.5 Å². The van der Waals surface area contributed by atoms with Crippen molar-refractivity contribution in [2.45, 2.75) is 25.3 Å². The fourth-order valence-electron chi connectivity index (χ4n) is 2.58. The third-order valence-electron chi connectivity index (χ3n) is 3.91. The third-order valence-corrected chi connectivity index (χ3v) is 3.91. The van der Waals surface area contributed by atoms with Crippen molar-refractivity contribution < 1.29 is 9.53 Å². The topological polar surface area (TPSA) is 64.3 Å². The van der Waals surface area contributed by atoms with Gasteiger partial charge in [0.25, 0.3) is 0 Å². The van der Waals surface area contributed by atoms with Gasteiger partial charge in [0, 0.05) is 19.0 Å². The molecule has 0 aliphatic carbocycles. The molecule has 0 saturated heterocycles. The molecule has 0 radical (unpaired) electrons. The zero-order valence-corrected chi connectivity index (χ0v) is 13.7. The number of para-hydroxylation sites is 1. The summed E-state index contributed by atoms with van der Waals surface area (Å²) >= 11 is 0. The lowest BCUT2D eigenvalue weighted by Crippen LogP contribution is -2.32. The van der Waals surface area contributed by atoms with Crippen molar-refractivity contribution in [3.05, 3.63) is 65.7 Å². The standard InChI is InChI=1S/C19H24N2O2/c1-14(16-10-6-7-11-18(16)23-2)12-19(22)21-13-17(20)15-8-4-3-5-9-15/h3-11,14,17H,12-13,20H2,1-2H3,(H,21,22). The van der Waals surface area contributed by atoms with Crippen molar-refractivity contribution in [2.24, 2.45) is 5.73 Å². The maximum absolute atomic E-state index is 12.2. The van der Waals surface area contributed by atoms with E-state index >= 15 is 0 Å². The SMILES string of the molecule is COc1ccccc1C(C)CC(=O)NCC(N)c1ccccc1. The van der Waals surface area contributed by atoms with E-state index < -0.39 is 0 Å². The molecule has 0 aliphatic heterocycles. The zero-order valence-electron chi connectivity index (χ0n) is 13.7. The first-order valence-electron chi connectivity index (χ1n) is 7.82. The normalized spacial score (nSPS) is 13.2. The van der Waals surface area contributed by atoms with Crippen LogP contribution in [0.2, 0.25) is 0 Å². The van der Waals surface area contributed by atoms with Gasteiger partial charge in [-0.25, -0.2) is 0 Å². The lowest BCUT2D eigenvalue weighted by Gasteiger charge is -2.17. The monoisotopic (exact) mass is 312 g/mol. The Balaban J connectivity index is 1.87. The van der Waals surface area contributed by atoms with Crippen molar-refractivity contribution in [3.63, 3.8) is 0 Å². The molecule has 0 saturated carbocycles. The van der Waals surface area contributed by atoms with Gasteiger partial charge in [-0.05, 0) is 23.1 Å². The Kier molecular flexibility index (Phi) is 6.18. The molecular weight excluding hydrogens is 288 g/mol. The summed E-state index contributed by atoms with van der Waals surface area (Å²) in [4.78, 5) is 12.2. The first-order chi connectivity index (χ1) is 11.1. The molecule has 2 rings (SSSR count). The number of carbonyl (C=O) groups excluding carboxylic acids is 1. The second kappa shape index (κ2) is 8.34. The van der Waals surface area contributed by atoms with E-state index in [1.807, 2.05) is 61.5 Å². The molecule has 0 fully saturated rings. The third kappa shape index (κ3) is 4.83. The largest absolute Gasteiger partial charge is 0.496 e. The second-order valence-corrected chi connectivity index (χ2v) is 5.67. The van der Waals surface area contributed by atoms with E-state index in [0.717, 1.165) is 16.9 Å². The van der Waals surface area contributed by atoms with Crippen LogP contribution in [0.25, 0.3) is 0 Å². The highest BCUT2D eigenvalue weighted by Gasteiger charge is 2.15. The van der Waals surface area contributed by atoms with Gasteiger partial charge in [-0.1, -0.05) is 55.5 Å². The van der Waals surface area contributed by atoms with Crippen LogP contribution in [0, 0.1) is 0 Å². The highest BCUT2D eigenvalue weighted by atomic mass is 16.5. The molecule has 0 aromatic heterocycles. The van der Waals surface area contributed by atoms with Crippen molar-refractivity contribution in [2.75, 3.05) is 13.7 Å². The molecule has 0 heterocycles. The number of hydrogen-bond acceptors (Lipinski definition) is 3. The molecule has 4 heteroatoms. The van der Waals surface area contributed by atoms with E-state index in [1.54, 1.807) is 7.11 Å². The van der Waals surface area contributed by atoms with Gasteiger partial charge >= 0.3 is 0 Å². The number of nitrogens with two attached hydrogens (primary N) is 1. The molecule has 2 aromatic carbocycles. The minimum atomic E-state index is -0.193. The van der Waals surface area contributed by atoms with Crippen LogP contribution in [-0.4, -0.2) is 19.6 Å². The molecule has 2 aromatic rings. The van der Waals surface area contributed by atoms with Gasteiger partial charge in [-0.2, -0.15) is 0 Å². The van der Waals surface area contributed by atoms with Gasteiger partial charge < -0.3 is 15.8 Å². The van der Waals surface area contributed by atoms with E-state index in [-0.39, 0.29) is 17.9 Å². The van der Waals surface area contributed by atoms with Gasteiger partial charge in [0.2, 0.25) is 5.91 Å². The predicted octanol–water partition coefficient (Wildman–Crippen LogP) is 3.01. The molecule has 0 aliphatic rings. The van der Waals surface area contributed by atoms with E-state index in [1.165, 1.54) is 0 Å². The van der Waals surface area contributed by atoms with Crippen molar-refractivity contribution in [1.29, 1.82) is 0 Å². The summed E-state index contributed by atoms with van der Waals surface area (Å²) in [6.07, 6.45) is 0.405. The Labute approximate surface area is 137 Å². The molecule has 0 bridgehead atoms. The summed E-state index contributed by atoms with van der Waals surface area (Å²) in [6.45, 7) is 2.45. The van der Waals surface area contributed by atoms with Crippen LogP contribution in [0.3, 0.4) is 0 Å². The van der Waals surface area contributed by atoms with Crippen molar-refractivity contribution in [3.8, 4) is 5.75 Å². The second-order valence-electron chi connectivity index (χ2n) is 5.67. The summed E-state index contributed by atoms with van der Waals surface area (Å²) in [5, 5.41) is 2.91. The molecule has 0 spiro atoms. The van der Waals surface area contributed by atoms with Crippen LogP contribution >= 0.6 is 0 Å². The first kappa shape index (κ1) is 17.0. The summed E-state index contributed by atoms with van der Waals surface area (Å²) < 4.78 is 5.35. The van der Waals surface area contributed by atoms with Crippen LogP contribution < -0.4 is 15.8 Å². The lowest BCUT2D eigenvalue weighted by molar-refractivity contribution is -0.121. The number of amides is 1. The van der Waals surface area contributed by atoms with Gasteiger partial charge in [-0.3, -0.25) is 4.79 Å². The molecule has 3 N–H and O–H groups in total. The highest BCUT2D eigenvalue weighted by molar-refractivity contribution is 5.77. The number of hydrogen-bond donors (Lipinski definition) is 2. The fraction of sp³-hybridized carbons (Fsp3) is 0.316. The number of nitrogens with one attached hydrogen (secondary N) is 1. The van der Waals surface area contributed by atoms with Crippen LogP contribution in [0.5, 0.6) is 5.75 Å². The number of ether oxygens (including phenoxy) is 1. The van der Waals surface area contributed by atoms with E-state index in [0.29, 0.717) is 13.0 Å². The summed E-state index contributed by atoms with van der Waals surface area (Å²) in [7, 11) is 1.64. The number of methoxy groups -OCH3 is 1. The van der Waals surface area contributed by atoms with E-state index in [2.05, 4.69) is 5.32 Å². The minimum Gasteiger partial charge on any atom is -0.496 e. The van der Waals surface area contributed by atoms with Gasteiger partial charge in [-0.15, -0.1) is 0 Å². The Morgan fingerprint density at radius 3 is 2.48 bits per heavy atom. The molecule has 2 atom stereocenters. The Morgan fingerprint density at radius 1 is 1.13 bits per heavy atom. The molecule has 2 unspecified atom stereocenters. The summed E-state index contributed by atoms with van der Waals surface area (Å²) in [6, 6.07) is 17.4. The van der Waals surface area contributed by atoms with Gasteiger partial charge in [0.1, 0.15) is 5.75 Å². The molecule has 23 heavy (non-hydrogen) atoms. The Morgan fingerprint density at radius 2 is 1.78 bits per heavy atom. The number of carbonyl (C=O) groups is 1. The van der Waals surface area contributed by atoms with E-state index in [9.17, 15) is 4.79 Å². The highest BCUT2D eigenvalue weighted by Crippen LogP contribution is 2.28. The molecular formula is C19H24N2O2. The van der Waals surface area contributed by atoms with Crippen LogP contribution in [0.4, 0.5) is 0 Å². The fourth-order valence-corrected chi connectivity index (χ4v) is 2.58. The van der Waals surface area contributed by atoms with Crippen LogP contribution in [-0.2, 0) is 4.79 Å². The lowest BCUT2D eigenvalue weighted by atomic mass is 9.96. The maximum atomic E-state index is 12.2. The van der Waals surface area contributed by atoms with Crippen LogP contribution in [0.15, 0.2) is 54.6 Å². The quantitative estimate of drug-likeness (QED) is 0.826. The number of rotatable bonds is 7. The van der Waals surface area contributed by atoms with Crippen molar-refractivity contribution >= 4 is 5.91 Å². The van der Waals surface area contributed by atoms with Crippen molar-refractivity contribution in [1.82, 2.24) is 5.32 Å². The average molecular weight is 312 g/mol. The average Bonchev–Trinajstić information content (AvgIpc) is 2.60. The summed E-state index contributed by atoms with van der Waals surface area (Å²) in [5.74, 6) is 0.891. The zero-order chi connectivity index (χ0) is 16.7. The smallest absolute Gasteiger partial charge is 0.220 e. The predicted molar refractivity (Wildman–Crippen MR) is 92.4 cm³/mol. The molecule has 1 amide bonds. The minimum absolute atomic E-state index is 0.00483. The maximum Gasteiger partial charge on any atom is 0.220 e. The summed E-state index contributed by atoms with van der Waals surface area (Å²) in [5.41, 5.74) is 8.15. The first-order valence-corrected chi connectivity index (χ1v) is 7.82. The van der Waals surface area contributed by atoms with Crippen LogP contribution in [0.1, 0.15) is 36.4 Å². The van der Waals surface area contributed by atoms with Gasteiger partial charge in [0.15, 0.2) is 0 Å². The molecule has 4 nitrogen and oxygen atoms in total.